The normalized spacial score (nSPS) is 14.8. The Kier molecular flexibility index (Phi) is 7.41. The number of aromatic nitrogens is 3. The Bertz CT molecular complexity index is 1970. The van der Waals surface area contributed by atoms with Crippen molar-refractivity contribution >= 4 is 23.4 Å². The number of para-hydroxylation sites is 1. The maximum absolute atomic E-state index is 14.1. The van der Waals surface area contributed by atoms with Gasteiger partial charge >= 0.3 is 5.97 Å². The van der Waals surface area contributed by atoms with Gasteiger partial charge in [-0.1, -0.05) is 59.9 Å². The van der Waals surface area contributed by atoms with Gasteiger partial charge < -0.3 is 9.47 Å². The van der Waals surface area contributed by atoms with Crippen molar-refractivity contribution in [1.82, 2.24) is 14.3 Å². The summed E-state index contributed by atoms with van der Waals surface area (Å²) < 4.78 is 14.6. The van der Waals surface area contributed by atoms with Gasteiger partial charge in [-0.3, -0.25) is 9.36 Å². The molecular weight excluding hydrogens is 548 g/mol. The number of fused-ring (bicyclic) bond motifs is 1. The van der Waals surface area contributed by atoms with Gasteiger partial charge in [-0.2, -0.15) is 5.10 Å². The summed E-state index contributed by atoms with van der Waals surface area (Å²) in [4.78, 5) is 32.4. The van der Waals surface area contributed by atoms with Gasteiger partial charge in [0.2, 0.25) is 0 Å². The highest BCUT2D eigenvalue weighted by molar-refractivity contribution is 7.07. The first kappa shape index (κ1) is 27.2. The number of methoxy groups -OCH3 is 1. The summed E-state index contributed by atoms with van der Waals surface area (Å²) in [6.45, 7) is 3.77. The number of benzene rings is 3. The van der Waals surface area contributed by atoms with Crippen LogP contribution in [0.25, 0.3) is 23.0 Å². The molecule has 5 aromatic rings. The van der Waals surface area contributed by atoms with Crippen LogP contribution in [0.1, 0.15) is 31.0 Å². The van der Waals surface area contributed by atoms with Crippen LogP contribution in [0, 0.1) is 0 Å². The molecule has 3 heterocycles. The number of rotatable bonds is 7. The van der Waals surface area contributed by atoms with E-state index in [2.05, 4.69) is 4.99 Å². The Balaban J connectivity index is 1.55. The van der Waals surface area contributed by atoms with Crippen LogP contribution in [0.4, 0.5) is 0 Å². The first-order valence-corrected chi connectivity index (χ1v) is 14.3. The molecule has 9 heteroatoms. The first-order valence-electron chi connectivity index (χ1n) is 13.5. The molecule has 1 unspecified atom stereocenters. The SMILES string of the molecule is CCOC(=O)C1=C(C)N=c2sc(=Cc3cn(-c4ccccc4)nc3-c3ccc(OC)cc3)c(=O)n2C1c1ccccc1. The number of carbonyl (C=O) groups excluding carboxylic acids is 1. The fourth-order valence-electron chi connectivity index (χ4n) is 5.06. The van der Waals surface area contributed by atoms with Crippen molar-refractivity contribution < 1.29 is 14.3 Å². The zero-order valence-electron chi connectivity index (χ0n) is 23.4. The maximum Gasteiger partial charge on any atom is 0.338 e. The first-order chi connectivity index (χ1) is 20.5. The summed E-state index contributed by atoms with van der Waals surface area (Å²) in [5, 5.41) is 4.89. The lowest BCUT2D eigenvalue weighted by Gasteiger charge is -2.24. The average Bonchev–Trinajstić information content (AvgIpc) is 3.58. The third kappa shape index (κ3) is 4.99. The van der Waals surface area contributed by atoms with Crippen LogP contribution in [0.15, 0.2) is 112 Å². The number of carbonyl (C=O) groups is 1. The smallest absolute Gasteiger partial charge is 0.338 e. The zero-order valence-corrected chi connectivity index (χ0v) is 24.2. The summed E-state index contributed by atoms with van der Waals surface area (Å²) in [6.07, 6.45) is 3.76. The molecule has 0 amide bonds. The molecule has 0 saturated heterocycles. The van der Waals surface area contributed by atoms with E-state index in [-0.39, 0.29) is 12.2 Å². The van der Waals surface area contributed by atoms with Crippen molar-refractivity contribution in [3.63, 3.8) is 0 Å². The molecule has 0 spiro atoms. The quantitative estimate of drug-likeness (QED) is 0.263. The Labute approximate surface area is 246 Å². The van der Waals surface area contributed by atoms with E-state index in [1.54, 1.807) is 30.2 Å². The lowest BCUT2D eigenvalue weighted by molar-refractivity contribution is -0.139. The van der Waals surface area contributed by atoms with Crippen LogP contribution in [-0.4, -0.2) is 34.0 Å². The molecule has 1 aliphatic rings. The minimum absolute atomic E-state index is 0.223. The van der Waals surface area contributed by atoms with Crippen LogP contribution in [-0.2, 0) is 9.53 Å². The van der Waals surface area contributed by atoms with Crippen molar-refractivity contribution in [2.45, 2.75) is 19.9 Å². The number of ether oxygens (including phenoxy) is 2. The van der Waals surface area contributed by atoms with Crippen LogP contribution in [0.3, 0.4) is 0 Å². The molecule has 3 aromatic carbocycles. The van der Waals surface area contributed by atoms with Gasteiger partial charge in [0, 0.05) is 17.3 Å². The van der Waals surface area contributed by atoms with E-state index < -0.39 is 12.0 Å². The predicted molar refractivity (Wildman–Crippen MR) is 162 cm³/mol. The second-order valence-corrected chi connectivity index (χ2v) is 10.7. The highest BCUT2D eigenvalue weighted by atomic mass is 32.1. The molecule has 210 valence electrons. The largest absolute Gasteiger partial charge is 0.497 e. The second-order valence-electron chi connectivity index (χ2n) is 9.65. The fourth-order valence-corrected chi connectivity index (χ4v) is 6.10. The molecule has 1 aliphatic heterocycles. The Morgan fingerprint density at radius 2 is 1.69 bits per heavy atom. The average molecular weight is 577 g/mol. The Morgan fingerprint density at radius 3 is 2.36 bits per heavy atom. The minimum Gasteiger partial charge on any atom is -0.497 e. The highest BCUT2D eigenvalue weighted by Gasteiger charge is 2.33. The van der Waals surface area contributed by atoms with Gasteiger partial charge in [0.1, 0.15) is 11.4 Å². The van der Waals surface area contributed by atoms with Crippen molar-refractivity contribution in [3.8, 4) is 22.7 Å². The Morgan fingerprint density at radius 1 is 1.00 bits per heavy atom. The van der Waals surface area contributed by atoms with Crippen LogP contribution in [0.5, 0.6) is 5.75 Å². The monoisotopic (exact) mass is 576 g/mol. The van der Waals surface area contributed by atoms with Crippen molar-refractivity contribution in [3.05, 3.63) is 133 Å². The van der Waals surface area contributed by atoms with Crippen molar-refractivity contribution in [2.24, 2.45) is 4.99 Å². The molecule has 42 heavy (non-hydrogen) atoms. The molecular formula is C33H28N4O4S. The van der Waals surface area contributed by atoms with E-state index in [9.17, 15) is 9.59 Å². The number of hydrogen-bond donors (Lipinski definition) is 0. The van der Waals surface area contributed by atoms with Gasteiger partial charge in [-0.05, 0) is 61.9 Å². The fraction of sp³-hybridized carbons (Fsp3) is 0.152. The van der Waals surface area contributed by atoms with Gasteiger partial charge in [0.25, 0.3) is 5.56 Å². The van der Waals surface area contributed by atoms with Gasteiger partial charge in [-0.25, -0.2) is 14.5 Å². The molecule has 6 rings (SSSR count). The lowest BCUT2D eigenvalue weighted by Crippen LogP contribution is -2.39. The topological polar surface area (TPSA) is 87.7 Å². The molecule has 8 nitrogen and oxygen atoms in total. The predicted octanol–water partition coefficient (Wildman–Crippen LogP) is 4.66. The minimum atomic E-state index is -0.656. The van der Waals surface area contributed by atoms with Crippen LogP contribution >= 0.6 is 11.3 Å². The van der Waals surface area contributed by atoms with E-state index in [1.807, 2.05) is 97.2 Å². The van der Waals surface area contributed by atoms with Gasteiger partial charge in [0.05, 0.1) is 41.2 Å². The summed E-state index contributed by atoms with van der Waals surface area (Å²) >= 11 is 1.29. The van der Waals surface area contributed by atoms with Gasteiger partial charge in [-0.15, -0.1) is 0 Å². The molecule has 0 N–H and O–H groups in total. The summed E-state index contributed by atoms with van der Waals surface area (Å²) in [5.41, 5.74) is 4.72. The molecule has 0 bridgehead atoms. The zero-order chi connectivity index (χ0) is 29.2. The van der Waals surface area contributed by atoms with Gasteiger partial charge in [0.15, 0.2) is 4.80 Å². The van der Waals surface area contributed by atoms with Crippen molar-refractivity contribution in [1.29, 1.82) is 0 Å². The second kappa shape index (κ2) is 11.5. The summed E-state index contributed by atoms with van der Waals surface area (Å²) in [5.74, 6) is 0.262. The third-order valence-electron chi connectivity index (χ3n) is 7.05. The third-order valence-corrected chi connectivity index (χ3v) is 8.03. The molecule has 0 fully saturated rings. The number of nitrogens with zero attached hydrogens (tertiary/aromatic N) is 4. The van der Waals surface area contributed by atoms with Crippen molar-refractivity contribution in [2.75, 3.05) is 13.7 Å². The standard InChI is InChI=1S/C33H28N4O4S/c1-4-41-32(39)28-21(2)34-33-37(30(28)23-11-7-5-8-12-23)31(38)27(42-33)19-24-20-36(25-13-9-6-10-14-25)35-29(24)22-15-17-26(40-3)18-16-22/h5-20,30H,4H2,1-3H3. The Hall–Kier alpha value is -5.02. The molecule has 0 radical (unpaired) electrons. The summed E-state index contributed by atoms with van der Waals surface area (Å²) in [6, 6.07) is 26.3. The lowest BCUT2D eigenvalue weighted by atomic mass is 9.96. The molecule has 0 saturated carbocycles. The summed E-state index contributed by atoms with van der Waals surface area (Å²) in [7, 11) is 1.63. The van der Waals surface area contributed by atoms with E-state index in [1.165, 1.54) is 11.3 Å². The van der Waals surface area contributed by atoms with E-state index >= 15 is 0 Å². The molecule has 0 aliphatic carbocycles. The number of hydrogen-bond acceptors (Lipinski definition) is 7. The van der Waals surface area contributed by atoms with E-state index in [4.69, 9.17) is 14.6 Å². The van der Waals surface area contributed by atoms with Crippen LogP contribution in [0.2, 0.25) is 0 Å². The van der Waals surface area contributed by atoms with E-state index in [0.29, 0.717) is 20.6 Å². The number of esters is 1. The maximum atomic E-state index is 14.1. The molecule has 1 atom stereocenters. The highest BCUT2D eigenvalue weighted by Crippen LogP contribution is 2.31. The van der Waals surface area contributed by atoms with E-state index in [0.717, 1.165) is 33.8 Å². The number of thiazole rings is 1. The molecule has 2 aromatic heterocycles. The van der Waals surface area contributed by atoms with Crippen LogP contribution < -0.4 is 19.6 Å². The number of allylic oxidation sites excluding steroid dienone is 1.